The Morgan fingerprint density at radius 2 is 2.00 bits per heavy atom. The predicted molar refractivity (Wildman–Crippen MR) is 131 cm³/mol. The number of nitrogens with zero attached hydrogens (tertiary/aromatic N) is 1. The molecule has 1 aliphatic carbocycles. The highest BCUT2D eigenvalue weighted by atomic mass is 16.5. The van der Waals surface area contributed by atoms with Gasteiger partial charge >= 0.3 is 0 Å². The molecule has 1 saturated carbocycles. The molecule has 7 nitrogen and oxygen atoms in total. The number of nitrogens with one attached hydrogen (secondary N) is 3. The molecule has 1 amide bonds. The van der Waals surface area contributed by atoms with E-state index in [1.807, 2.05) is 31.2 Å². The Morgan fingerprint density at radius 1 is 1.25 bits per heavy atom. The summed E-state index contributed by atoms with van der Waals surface area (Å²) in [6, 6.07) is 8.71. The number of hydrogen-bond donors (Lipinski definition) is 4. The number of benzene rings is 1. The van der Waals surface area contributed by atoms with Crippen molar-refractivity contribution in [2.24, 2.45) is 5.73 Å². The molecule has 1 heterocycles. The van der Waals surface area contributed by atoms with Crippen molar-refractivity contribution in [3.05, 3.63) is 35.4 Å². The Bertz CT molecular complexity index is 895. The Kier molecular flexibility index (Phi) is 8.84. The number of amides is 1. The van der Waals surface area contributed by atoms with Crippen LogP contribution >= 0.6 is 0 Å². The van der Waals surface area contributed by atoms with Crippen molar-refractivity contribution in [2.45, 2.75) is 83.6 Å². The average molecular weight is 442 g/mol. The maximum absolute atomic E-state index is 12.8. The minimum atomic E-state index is -0.444. The summed E-state index contributed by atoms with van der Waals surface area (Å²) in [7, 11) is 1.75. The van der Waals surface area contributed by atoms with Gasteiger partial charge in [0, 0.05) is 31.1 Å². The molecule has 0 aliphatic heterocycles. The van der Waals surface area contributed by atoms with Crippen molar-refractivity contribution in [3.8, 4) is 0 Å². The van der Waals surface area contributed by atoms with Crippen molar-refractivity contribution < 1.29 is 9.53 Å². The summed E-state index contributed by atoms with van der Waals surface area (Å²) in [5.74, 6) is 0.314. The highest BCUT2D eigenvalue weighted by molar-refractivity contribution is 6.02. The molecule has 1 aromatic carbocycles. The van der Waals surface area contributed by atoms with Crippen LogP contribution in [0.5, 0.6) is 0 Å². The van der Waals surface area contributed by atoms with Gasteiger partial charge in [0.2, 0.25) is 0 Å². The van der Waals surface area contributed by atoms with Crippen LogP contribution in [0.15, 0.2) is 24.3 Å². The largest absolute Gasteiger partial charge is 0.378 e. The normalized spacial score (nSPS) is 17.7. The lowest BCUT2D eigenvalue weighted by atomic mass is 9.94. The van der Waals surface area contributed by atoms with Crippen LogP contribution in [0.3, 0.4) is 0 Å². The van der Waals surface area contributed by atoms with Gasteiger partial charge in [-0.05, 0) is 50.8 Å². The number of hydrogen-bond acceptors (Lipinski definition) is 6. The summed E-state index contributed by atoms with van der Waals surface area (Å²) < 4.78 is 5.86. The second-order valence-corrected chi connectivity index (χ2v) is 9.01. The number of pyridine rings is 1. The first-order chi connectivity index (χ1) is 15.4. The van der Waals surface area contributed by atoms with E-state index in [4.69, 9.17) is 15.5 Å². The predicted octanol–water partition coefficient (Wildman–Crippen LogP) is 3.71. The van der Waals surface area contributed by atoms with Gasteiger partial charge in [-0.15, -0.1) is 0 Å². The van der Waals surface area contributed by atoms with Crippen LogP contribution in [0.4, 0.5) is 5.82 Å². The smallest absolute Gasteiger partial charge is 0.256 e. The number of methoxy groups -OCH3 is 1. The number of fused-ring (bicyclic) bond motifs is 1. The zero-order valence-corrected chi connectivity index (χ0v) is 19.9. The Labute approximate surface area is 191 Å². The maximum atomic E-state index is 12.8. The molecule has 32 heavy (non-hydrogen) atoms. The van der Waals surface area contributed by atoms with Gasteiger partial charge in [-0.3, -0.25) is 4.79 Å². The van der Waals surface area contributed by atoms with E-state index in [2.05, 4.69) is 22.9 Å². The highest BCUT2D eigenvalue weighted by Crippen LogP contribution is 2.23. The number of aromatic nitrogens is 1. The third kappa shape index (κ3) is 6.40. The molecule has 0 bridgehead atoms. The minimum Gasteiger partial charge on any atom is -0.378 e. The molecule has 176 valence electrons. The molecule has 0 spiro atoms. The van der Waals surface area contributed by atoms with Gasteiger partial charge in [0.1, 0.15) is 5.82 Å². The Balaban J connectivity index is 1.80. The molecule has 1 fully saturated rings. The number of rotatable bonds is 10. The summed E-state index contributed by atoms with van der Waals surface area (Å²) >= 11 is 0. The van der Waals surface area contributed by atoms with E-state index in [0.29, 0.717) is 24.0 Å². The molecule has 2 aromatic rings. The van der Waals surface area contributed by atoms with Crippen molar-refractivity contribution in [1.82, 2.24) is 15.6 Å². The van der Waals surface area contributed by atoms with E-state index >= 15 is 0 Å². The molecule has 1 aromatic heterocycles. The van der Waals surface area contributed by atoms with Crippen molar-refractivity contribution in [2.75, 3.05) is 19.0 Å². The van der Waals surface area contributed by atoms with E-state index in [1.165, 1.54) is 32.1 Å². The first kappa shape index (κ1) is 24.4. The van der Waals surface area contributed by atoms with Gasteiger partial charge in [0.05, 0.1) is 23.3 Å². The van der Waals surface area contributed by atoms with Crippen LogP contribution in [0.1, 0.15) is 68.3 Å². The third-order valence-electron chi connectivity index (χ3n) is 6.29. The van der Waals surface area contributed by atoms with Crippen LogP contribution in [0.2, 0.25) is 0 Å². The summed E-state index contributed by atoms with van der Waals surface area (Å²) in [5, 5.41) is 10.9. The van der Waals surface area contributed by atoms with Crippen LogP contribution in [-0.4, -0.2) is 48.9 Å². The van der Waals surface area contributed by atoms with E-state index in [9.17, 15) is 4.79 Å². The molecule has 3 unspecified atom stereocenters. The SMILES string of the molecule is CCC(NC1CCCCC1)C(CNc1nc2cc(C)ccc2cc1C(=O)NC(C)N)OC. The van der Waals surface area contributed by atoms with Gasteiger partial charge in [-0.25, -0.2) is 4.98 Å². The van der Waals surface area contributed by atoms with E-state index in [-0.39, 0.29) is 18.1 Å². The van der Waals surface area contributed by atoms with Crippen LogP contribution in [0.25, 0.3) is 10.9 Å². The number of anilines is 1. The zero-order valence-electron chi connectivity index (χ0n) is 19.9. The first-order valence-corrected chi connectivity index (χ1v) is 11.9. The lowest BCUT2D eigenvalue weighted by molar-refractivity contribution is 0.0698. The van der Waals surface area contributed by atoms with Gasteiger partial charge in [-0.2, -0.15) is 0 Å². The fourth-order valence-corrected chi connectivity index (χ4v) is 4.52. The number of carbonyl (C=O) groups is 1. The molecule has 0 saturated heterocycles. The molecular formula is C25H39N5O2. The standard InChI is InChI=1S/C25H39N5O2/c1-5-21(29-19-9-7-6-8-10-19)23(32-4)15-27-24-20(25(31)28-17(3)26)14-18-12-11-16(2)13-22(18)30-24/h11-14,17,19,21,23,29H,5-10,15,26H2,1-4H3,(H,27,30)(H,28,31). The second kappa shape index (κ2) is 11.6. The fraction of sp³-hybridized carbons (Fsp3) is 0.600. The second-order valence-electron chi connectivity index (χ2n) is 9.01. The zero-order chi connectivity index (χ0) is 23.1. The van der Waals surface area contributed by atoms with Gasteiger partial charge in [-0.1, -0.05) is 38.3 Å². The minimum absolute atomic E-state index is 0.0405. The van der Waals surface area contributed by atoms with E-state index < -0.39 is 6.17 Å². The molecule has 1 aliphatic rings. The lowest BCUT2D eigenvalue weighted by Crippen LogP contribution is -2.49. The average Bonchev–Trinajstić information content (AvgIpc) is 2.78. The molecule has 0 radical (unpaired) electrons. The number of carbonyl (C=O) groups excluding carboxylic acids is 1. The summed E-state index contributed by atoms with van der Waals surface area (Å²) in [4.78, 5) is 17.6. The topological polar surface area (TPSA) is 101 Å². The monoisotopic (exact) mass is 441 g/mol. The van der Waals surface area contributed by atoms with Gasteiger partial charge < -0.3 is 26.4 Å². The summed E-state index contributed by atoms with van der Waals surface area (Å²) in [5.41, 5.74) is 8.27. The molecule has 5 N–H and O–H groups in total. The summed E-state index contributed by atoms with van der Waals surface area (Å²) in [6.45, 7) is 6.52. The van der Waals surface area contributed by atoms with E-state index in [1.54, 1.807) is 14.0 Å². The number of nitrogens with two attached hydrogens (primary N) is 1. The lowest BCUT2D eigenvalue weighted by Gasteiger charge is -2.32. The highest BCUT2D eigenvalue weighted by Gasteiger charge is 2.25. The first-order valence-electron chi connectivity index (χ1n) is 11.9. The molecule has 3 rings (SSSR count). The van der Waals surface area contributed by atoms with E-state index in [0.717, 1.165) is 22.9 Å². The summed E-state index contributed by atoms with van der Waals surface area (Å²) in [6.07, 6.45) is 6.87. The van der Waals surface area contributed by atoms with Crippen LogP contribution in [0, 0.1) is 6.92 Å². The molecular weight excluding hydrogens is 402 g/mol. The van der Waals surface area contributed by atoms with Crippen LogP contribution in [-0.2, 0) is 4.74 Å². The molecule has 3 atom stereocenters. The molecule has 7 heteroatoms. The van der Waals surface area contributed by atoms with Crippen molar-refractivity contribution in [1.29, 1.82) is 0 Å². The Hall–Kier alpha value is -2.22. The van der Waals surface area contributed by atoms with Gasteiger partial charge in [0.15, 0.2) is 0 Å². The van der Waals surface area contributed by atoms with Crippen molar-refractivity contribution >= 4 is 22.6 Å². The number of ether oxygens (including phenoxy) is 1. The van der Waals surface area contributed by atoms with Crippen LogP contribution < -0.4 is 21.7 Å². The quantitative estimate of drug-likeness (QED) is 0.419. The Morgan fingerprint density at radius 3 is 2.66 bits per heavy atom. The maximum Gasteiger partial charge on any atom is 0.256 e. The number of aryl methyl sites for hydroxylation is 1. The van der Waals surface area contributed by atoms with Crippen molar-refractivity contribution in [3.63, 3.8) is 0 Å². The fourth-order valence-electron chi connectivity index (χ4n) is 4.52. The van der Waals surface area contributed by atoms with Gasteiger partial charge in [0.25, 0.3) is 5.91 Å². The third-order valence-corrected chi connectivity index (χ3v) is 6.29.